The van der Waals surface area contributed by atoms with Crippen LogP contribution in [0.1, 0.15) is 23.7 Å². The van der Waals surface area contributed by atoms with Gasteiger partial charge in [-0.3, -0.25) is 4.79 Å². The Balaban J connectivity index is 2.36. The van der Waals surface area contributed by atoms with E-state index in [2.05, 4.69) is 0 Å². The van der Waals surface area contributed by atoms with Crippen molar-refractivity contribution in [2.45, 2.75) is 13.3 Å². The van der Waals surface area contributed by atoms with E-state index >= 15 is 0 Å². The SMILES string of the molecule is COCCCOCCOc1cc(F)ccc1C(C)=O. The van der Waals surface area contributed by atoms with Crippen LogP contribution in [0.25, 0.3) is 0 Å². The lowest BCUT2D eigenvalue weighted by molar-refractivity contribution is 0.0798. The molecule has 0 aliphatic rings. The van der Waals surface area contributed by atoms with E-state index in [-0.39, 0.29) is 18.1 Å². The second-order valence-electron chi connectivity index (χ2n) is 4.00. The summed E-state index contributed by atoms with van der Waals surface area (Å²) in [6, 6.07) is 3.87. The molecule has 1 aromatic carbocycles. The van der Waals surface area contributed by atoms with Crippen LogP contribution in [0.4, 0.5) is 4.39 Å². The lowest BCUT2D eigenvalue weighted by atomic mass is 10.1. The van der Waals surface area contributed by atoms with Crippen LogP contribution in [-0.2, 0) is 9.47 Å². The average Bonchev–Trinajstić information content (AvgIpc) is 2.37. The van der Waals surface area contributed by atoms with Gasteiger partial charge >= 0.3 is 0 Å². The zero-order chi connectivity index (χ0) is 14.1. The summed E-state index contributed by atoms with van der Waals surface area (Å²) in [7, 11) is 1.64. The molecular weight excluding hydrogens is 251 g/mol. The molecule has 1 aromatic rings. The molecule has 106 valence electrons. The monoisotopic (exact) mass is 270 g/mol. The zero-order valence-corrected chi connectivity index (χ0v) is 11.3. The summed E-state index contributed by atoms with van der Waals surface area (Å²) < 4.78 is 28.6. The lowest BCUT2D eigenvalue weighted by Gasteiger charge is -2.10. The summed E-state index contributed by atoms with van der Waals surface area (Å²) >= 11 is 0. The van der Waals surface area contributed by atoms with E-state index in [1.807, 2.05) is 0 Å². The second-order valence-corrected chi connectivity index (χ2v) is 4.00. The molecule has 1 rings (SSSR count). The Morgan fingerprint density at radius 2 is 2.00 bits per heavy atom. The van der Waals surface area contributed by atoms with E-state index in [4.69, 9.17) is 14.2 Å². The minimum Gasteiger partial charge on any atom is -0.490 e. The van der Waals surface area contributed by atoms with Crippen LogP contribution < -0.4 is 4.74 Å². The summed E-state index contributed by atoms with van der Waals surface area (Å²) in [5.74, 6) is -0.329. The van der Waals surface area contributed by atoms with Gasteiger partial charge < -0.3 is 14.2 Å². The minimum atomic E-state index is -0.430. The fourth-order valence-corrected chi connectivity index (χ4v) is 1.52. The fraction of sp³-hybridized carbons (Fsp3) is 0.500. The van der Waals surface area contributed by atoms with Gasteiger partial charge in [0.2, 0.25) is 0 Å². The molecular formula is C14H19FO4. The maximum Gasteiger partial charge on any atom is 0.163 e. The van der Waals surface area contributed by atoms with Crippen molar-refractivity contribution in [3.05, 3.63) is 29.6 Å². The van der Waals surface area contributed by atoms with Gasteiger partial charge in [-0.2, -0.15) is 0 Å². The van der Waals surface area contributed by atoms with E-state index in [1.54, 1.807) is 7.11 Å². The van der Waals surface area contributed by atoms with Crippen LogP contribution in [0.5, 0.6) is 5.75 Å². The number of carbonyl (C=O) groups excluding carboxylic acids is 1. The van der Waals surface area contributed by atoms with Crippen LogP contribution >= 0.6 is 0 Å². The molecule has 4 nitrogen and oxygen atoms in total. The highest BCUT2D eigenvalue weighted by Crippen LogP contribution is 2.20. The van der Waals surface area contributed by atoms with Crippen molar-refractivity contribution in [1.29, 1.82) is 0 Å². The maximum absolute atomic E-state index is 13.1. The molecule has 0 atom stereocenters. The van der Waals surface area contributed by atoms with E-state index in [0.29, 0.717) is 25.4 Å². The van der Waals surface area contributed by atoms with Gasteiger partial charge in [0.25, 0.3) is 0 Å². The highest BCUT2D eigenvalue weighted by atomic mass is 19.1. The number of ketones is 1. The Bertz CT molecular complexity index is 406. The van der Waals surface area contributed by atoms with Gasteiger partial charge in [-0.25, -0.2) is 4.39 Å². The van der Waals surface area contributed by atoms with Crippen molar-refractivity contribution >= 4 is 5.78 Å². The van der Waals surface area contributed by atoms with Crippen molar-refractivity contribution in [2.75, 3.05) is 33.5 Å². The highest BCUT2D eigenvalue weighted by Gasteiger charge is 2.09. The number of ether oxygens (including phenoxy) is 3. The molecule has 0 fully saturated rings. The van der Waals surface area contributed by atoms with Crippen molar-refractivity contribution in [3.8, 4) is 5.75 Å². The van der Waals surface area contributed by atoms with Crippen molar-refractivity contribution in [2.24, 2.45) is 0 Å². The molecule has 0 spiro atoms. The van der Waals surface area contributed by atoms with Gasteiger partial charge in [0.05, 0.1) is 12.2 Å². The number of carbonyl (C=O) groups is 1. The fourth-order valence-electron chi connectivity index (χ4n) is 1.52. The molecule has 0 heterocycles. The molecule has 0 saturated carbocycles. The summed E-state index contributed by atoms with van der Waals surface area (Å²) in [6.45, 7) is 3.31. The molecule has 0 bridgehead atoms. The van der Waals surface area contributed by atoms with Crippen molar-refractivity contribution in [3.63, 3.8) is 0 Å². The quantitative estimate of drug-likeness (QED) is 0.511. The Kier molecular flexibility index (Phi) is 7.07. The molecule has 0 aromatic heterocycles. The van der Waals surface area contributed by atoms with Gasteiger partial charge in [-0.05, 0) is 25.5 Å². The molecule has 0 aliphatic carbocycles. The third kappa shape index (κ3) is 5.81. The van der Waals surface area contributed by atoms with Crippen LogP contribution in [0, 0.1) is 5.82 Å². The Hall–Kier alpha value is -1.46. The van der Waals surface area contributed by atoms with Crippen LogP contribution in [-0.4, -0.2) is 39.3 Å². The smallest absolute Gasteiger partial charge is 0.163 e. The predicted molar refractivity (Wildman–Crippen MR) is 69.2 cm³/mol. The average molecular weight is 270 g/mol. The standard InChI is InChI=1S/C14H19FO4/c1-11(16)13-5-4-12(15)10-14(13)19-9-8-18-7-3-6-17-2/h4-5,10H,3,6-9H2,1-2H3. The largest absolute Gasteiger partial charge is 0.490 e. The first-order chi connectivity index (χ1) is 9.15. The molecule has 0 radical (unpaired) electrons. The van der Waals surface area contributed by atoms with Gasteiger partial charge in [-0.15, -0.1) is 0 Å². The van der Waals surface area contributed by atoms with Gasteiger partial charge in [-0.1, -0.05) is 0 Å². The number of hydrogen-bond acceptors (Lipinski definition) is 4. The lowest BCUT2D eigenvalue weighted by Crippen LogP contribution is -2.10. The molecule has 0 amide bonds. The van der Waals surface area contributed by atoms with E-state index in [9.17, 15) is 9.18 Å². The van der Waals surface area contributed by atoms with Crippen LogP contribution in [0.15, 0.2) is 18.2 Å². The highest BCUT2D eigenvalue weighted by molar-refractivity contribution is 5.96. The third-order valence-electron chi connectivity index (χ3n) is 2.45. The molecule has 0 N–H and O–H groups in total. The van der Waals surface area contributed by atoms with E-state index in [0.717, 1.165) is 6.42 Å². The second kappa shape index (κ2) is 8.61. The molecule has 19 heavy (non-hydrogen) atoms. The van der Waals surface area contributed by atoms with Crippen LogP contribution in [0.2, 0.25) is 0 Å². The predicted octanol–water partition coefficient (Wildman–Crippen LogP) is 2.46. The topological polar surface area (TPSA) is 44.8 Å². The Labute approximate surface area is 112 Å². The summed E-state index contributed by atoms with van der Waals surface area (Å²) in [5, 5.41) is 0. The Morgan fingerprint density at radius 3 is 2.68 bits per heavy atom. The van der Waals surface area contributed by atoms with E-state index in [1.165, 1.54) is 25.1 Å². The van der Waals surface area contributed by atoms with Crippen molar-refractivity contribution < 1.29 is 23.4 Å². The van der Waals surface area contributed by atoms with Gasteiger partial charge in [0, 0.05) is 26.4 Å². The summed E-state index contributed by atoms with van der Waals surface area (Å²) in [5.41, 5.74) is 0.376. The third-order valence-corrected chi connectivity index (χ3v) is 2.45. The first kappa shape index (κ1) is 15.6. The number of benzene rings is 1. The molecule has 5 heteroatoms. The van der Waals surface area contributed by atoms with Crippen molar-refractivity contribution in [1.82, 2.24) is 0 Å². The molecule has 0 saturated heterocycles. The molecule has 0 unspecified atom stereocenters. The summed E-state index contributed by atoms with van der Waals surface area (Å²) in [4.78, 5) is 11.3. The zero-order valence-electron chi connectivity index (χ0n) is 11.3. The van der Waals surface area contributed by atoms with Gasteiger partial charge in [0.15, 0.2) is 5.78 Å². The number of hydrogen-bond donors (Lipinski definition) is 0. The maximum atomic E-state index is 13.1. The minimum absolute atomic E-state index is 0.156. The van der Waals surface area contributed by atoms with E-state index < -0.39 is 5.82 Å². The number of methoxy groups -OCH3 is 1. The number of Topliss-reactive ketones (excluding diaryl/α,β-unsaturated/α-hetero) is 1. The molecule has 0 aliphatic heterocycles. The Morgan fingerprint density at radius 1 is 1.21 bits per heavy atom. The number of halogens is 1. The first-order valence-corrected chi connectivity index (χ1v) is 6.15. The van der Waals surface area contributed by atoms with Gasteiger partial charge in [0.1, 0.15) is 18.2 Å². The number of rotatable bonds is 9. The van der Waals surface area contributed by atoms with Crippen LogP contribution in [0.3, 0.4) is 0 Å². The summed E-state index contributed by atoms with van der Waals surface area (Å²) in [6.07, 6.45) is 0.815. The normalized spacial score (nSPS) is 10.5. The first-order valence-electron chi connectivity index (χ1n) is 6.15.